The number of nitrogens with two attached hydrogens (primary N) is 1. The van der Waals surface area contributed by atoms with E-state index in [9.17, 15) is 14.7 Å². The van der Waals surface area contributed by atoms with Crippen molar-refractivity contribution in [2.45, 2.75) is 45.2 Å². The standard InChI is InChI=1S/C21H26FN3O4/c1-21(2)10-24(7-6-15(21)23)17-14(22)8-12-16(19(17)29-3)25(11-4-5-11)9-13(18(12)26)20(27)28/h8-9,11,15H,4-7,10,23H2,1-3H3,(H,27,28). The van der Waals surface area contributed by atoms with Crippen LogP contribution in [0.15, 0.2) is 17.1 Å². The van der Waals surface area contributed by atoms with E-state index in [2.05, 4.69) is 13.8 Å². The van der Waals surface area contributed by atoms with E-state index in [0.717, 1.165) is 18.9 Å². The zero-order chi connectivity index (χ0) is 21.1. The summed E-state index contributed by atoms with van der Waals surface area (Å²) in [6, 6.07) is 1.24. The lowest BCUT2D eigenvalue weighted by atomic mass is 9.79. The molecule has 0 radical (unpaired) electrons. The Balaban J connectivity index is 1.99. The molecule has 1 saturated carbocycles. The third kappa shape index (κ3) is 3.15. The number of carboxylic acids is 1. The van der Waals surface area contributed by atoms with Gasteiger partial charge in [0, 0.05) is 31.4 Å². The summed E-state index contributed by atoms with van der Waals surface area (Å²) in [5, 5.41) is 9.46. The highest BCUT2D eigenvalue weighted by atomic mass is 19.1. The van der Waals surface area contributed by atoms with Gasteiger partial charge in [0.1, 0.15) is 11.3 Å². The minimum absolute atomic E-state index is 0.0102. The fourth-order valence-electron chi connectivity index (χ4n) is 4.29. The van der Waals surface area contributed by atoms with Crippen molar-refractivity contribution in [3.05, 3.63) is 33.9 Å². The van der Waals surface area contributed by atoms with Gasteiger partial charge < -0.3 is 25.0 Å². The molecular formula is C21H26FN3O4. The second-order valence-electron chi connectivity index (χ2n) is 8.76. The first kappa shape index (κ1) is 19.7. The van der Waals surface area contributed by atoms with E-state index >= 15 is 4.39 Å². The van der Waals surface area contributed by atoms with Crippen molar-refractivity contribution in [1.82, 2.24) is 4.57 Å². The van der Waals surface area contributed by atoms with Crippen LogP contribution in [0.1, 0.15) is 49.5 Å². The molecule has 4 rings (SSSR count). The van der Waals surface area contributed by atoms with E-state index in [-0.39, 0.29) is 34.2 Å². The molecule has 1 aliphatic heterocycles. The number of benzene rings is 1. The molecule has 1 atom stereocenters. The van der Waals surface area contributed by atoms with Crippen LogP contribution in [0.3, 0.4) is 0 Å². The highest BCUT2D eigenvalue weighted by Gasteiger charge is 2.37. The van der Waals surface area contributed by atoms with Gasteiger partial charge in [0.25, 0.3) is 0 Å². The van der Waals surface area contributed by atoms with E-state index in [0.29, 0.717) is 30.7 Å². The molecular weight excluding hydrogens is 377 g/mol. The fourth-order valence-corrected chi connectivity index (χ4v) is 4.29. The summed E-state index contributed by atoms with van der Waals surface area (Å²) < 4.78 is 22.7. The van der Waals surface area contributed by atoms with Crippen LogP contribution >= 0.6 is 0 Å². The van der Waals surface area contributed by atoms with Crippen molar-refractivity contribution in [3.63, 3.8) is 0 Å². The van der Waals surface area contributed by atoms with Gasteiger partial charge >= 0.3 is 5.97 Å². The molecule has 3 N–H and O–H groups in total. The summed E-state index contributed by atoms with van der Waals surface area (Å²) in [6.45, 7) is 5.22. The Morgan fingerprint density at radius 2 is 2.03 bits per heavy atom. The average Bonchev–Trinajstić information content (AvgIpc) is 3.48. The molecule has 1 aromatic heterocycles. The Bertz CT molecular complexity index is 1060. The smallest absolute Gasteiger partial charge is 0.341 e. The number of carbonyl (C=O) groups is 1. The Hall–Kier alpha value is -2.61. The number of aromatic nitrogens is 1. The number of aromatic carboxylic acids is 1. The zero-order valence-corrected chi connectivity index (χ0v) is 16.9. The molecule has 8 heteroatoms. The van der Waals surface area contributed by atoms with Gasteiger partial charge in [0.15, 0.2) is 11.6 Å². The summed E-state index contributed by atoms with van der Waals surface area (Å²) in [5.41, 5.74) is 5.72. The van der Waals surface area contributed by atoms with Crippen molar-refractivity contribution in [2.24, 2.45) is 11.1 Å². The lowest BCUT2D eigenvalue weighted by molar-refractivity contribution is 0.0695. The molecule has 0 bridgehead atoms. The molecule has 2 aliphatic rings. The van der Waals surface area contributed by atoms with Crippen LogP contribution in [0, 0.1) is 11.2 Å². The Labute approximate surface area is 167 Å². The Kier molecular flexibility index (Phi) is 4.57. The van der Waals surface area contributed by atoms with Gasteiger partial charge in [-0.2, -0.15) is 0 Å². The van der Waals surface area contributed by atoms with Crippen molar-refractivity contribution >= 4 is 22.6 Å². The first-order valence-electron chi connectivity index (χ1n) is 9.85. The van der Waals surface area contributed by atoms with Crippen molar-refractivity contribution < 1.29 is 19.0 Å². The molecule has 29 heavy (non-hydrogen) atoms. The zero-order valence-electron chi connectivity index (χ0n) is 16.9. The lowest BCUT2D eigenvalue weighted by Gasteiger charge is -2.44. The number of anilines is 1. The van der Waals surface area contributed by atoms with Crippen LogP contribution in [0.4, 0.5) is 10.1 Å². The number of methoxy groups -OCH3 is 1. The number of nitrogens with zero attached hydrogens (tertiary/aromatic N) is 2. The molecule has 0 amide bonds. The lowest BCUT2D eigenvalue weighted by Crippen LogP contribution is -2.52. The van der Waals surface area contributed by atoms with Gasteiger partial charge in [-0.3, -0.25) is 4.79 Å². The number of ether oxygens (including phenoxy) is 1. The third-order valence-corrected chi connectivity index (χ3v) is 6.20. The van der Waals surface area contributed by atoms with Crippen molar-refractivity contribution in [1.29, 1.82) is 0 Å². The number of hydrogen-bond acceptors (Lipinski definition) is 5. The van der Waals surface area contributed by atoms with E-state index in [1.807, 2.05) is 4.90 Å². The van der Waals surface area contributed by atoms with Crippen molar-refractivity contribution in [2.75, 3.05) is 25.1 Å². The maximum Gasteiger partial charge on any atom is 0.341 e. The predicted molar refractivity (Wildman–Crippen MR) is 109 cm³/mol. The number of halogens is 1. The number of carboxylic acid groups (broad SMARTS) is 1. The monoisotopic (exact) mass is 403 g/mol. The maximum atomic E-state index is 15.3. The van der Waals surface area contributed by atoms with Gasteiger partial charge in [-0.05, 0) is 30.7 Å². The van der Waals surface area contributed by atoms with Crippen LogP contribution in [0.25, 0.3) is 10.9 Å². The first-order chi connectivity index (χ1) is 13.7. The maximum absolute atomic E-state index is 15.3. The Morgan fingerprint density at radius 1 is 1.34 bits per heavy atom. The molecule has 2 aromatic rings. The Morgan fingerprint density at radius 3 is 2.59 bits per heavy atom. The predicted octanol–water partition coefficient (Wildman–Crippen LogP) is 2.75. The third-order valence-electron chi connectivity index (χ3n) is 6.20. The number of hydrogen-bond donors (Lipinski definition) is 2. The minimum Gasteiger partial charge on any atom is -0.492 e. The summed E-state index contributed by atoms with van der Waals surface area (Å²) >= 11 is 0. The fraction of sp³-hybridized carbons (Fsp3) is 0.524. The highest BCUT2D eigenvalue weighted by Crippen LogP contribution is 2.45. The molecule has 2 fully saturated rings. The van der Waals surface area contributed by atoms with Crippen LogP contribution in [-0.2, 0) is 0 Å². The molecule has 1 aliphatic carbocycles. The number of pyridine rings is 1. The topological polar surface area (TPSA) is 97.8 Å². The molecule has 0 spiro atoms. The number of rotatable bonds is 4. The van der Waals surface area contributed by atoms with Crippen LogP contribution < -0.4 is 20.8 Å². The molecule has 1 unspecified atom stereocenters. The van der Waals surface area contributed by atoms with Gasteiger partial charge in [-0.25, -0.2) is 9.18 Å². The highest BCUT2D eigenvalue weighted by molar-refractivity contribution is 5.97. The molecule has 2 heterocycles. The van der Waals surface area contributed by atoms with E-state index < -0.39 is 17.2 Å². The number of piperidine rings is 1. The minimum atomic E-state index is -1.32. The van der Waals surface area contributed by atoms with E-state index in [1.54, 1.807) is 4.57 Å². The molecule has 1 aromatic carbocycles. The van der Waals surface area contributed by atoms with Crippen LogP contribution in [-0.4, -0.2) is 41.9 Å². The summed E-state index contributed by atoms with van der Waals surface area (Å²) in [6.07, 6.45) is 3.82. The normalized spacial score (nSPS) is 21.4. The second-order valence-corrected chi connectivity index (χ2v) is 8.76. The van der Waals surface area contributed by atoms with E-state index in [4.69, 9.17) is 10.5 Å². The van der Waals surface area contributed by atoms with Gasteiger partial charge in [-0.15, -0.1) is 0 Å². The molecule has 1 saturated heterocycles. The van der Waals surface area contributed by atoms with E-state index in [1.165, 1.54) is 13.3 Å². The van der Waals surface area contributed by atoms with Gasteiger partial charge in [-0.1, -0.05) is 13.8 Å². The first-order valence-corrected chi connectivity index (χ1v) is 9.85. The van der Waals surface area contributed by atoms with Gasteiger partial charge in [0.2, 0.25) is 5.43 Å². The molecule has 7 nitrogen and oxygen atoms in total. The summed E-state index contributed by atoms with van der Waals surface area (Å²) in [7, 11) is 1.45. The second kappa shape index (κ2) is 6.73. The number of fused-ring (bicyclic) bond motifs is 1. The van der Waals surface area contributed by atoms with Crippen molar-refractivity contribution in [3.8, 4) is 5.75 Å². The van der Waals surface area contributed by atoms with Crippen LogP contribution in [0.5, 0.6) is 5.75 Å². The summed E-state index contributed by atoms with van der Waals surface area (Å²) in [4.78, 5) is 26.3. The van der Waals surface area contributed by atoms with Gasteiger partial charge in [0.05, 0.1) is 18.0 Å². The molecule has 156 valence electrons. The van der Waals surface area contributed by atoms with Crippen LogP contribution in [0.2, 0.25) is 0 Å². The average molecular weight is 403 g/mol. The quantitative estimate of drug-likeness (QED) is 0.815. The summed E-state index contributed by atoms with van der Waals surface area (Å²) in [5.74, 6) is -1.64. The SMILES string of the molecule is COc1c(N2CCC(N)C(C)(C)C2)c(F)cc2c(=O)c(C(=O)O)cn(C3CC3)c12. The largest absolute Gasteiger partial charge is 0.492 e.